The maximum absolute atomic E-state index is 10.6. The number of hydrogen-bond acceptors (Lipinski definition) is 6. The van der Waals surface area contributed by atoms with E-state index < -0.39 is 24.2 Å². The summed E-state index contributed by atoms with van der Waals surface area (Å²) in [6.45, 7) is 0. The molecule has 0 atom stereocenters. The van der Waals surface area contributed by atoms with Gasteiger partial charge in [-0.05, 0) is 6.42 Å². The molecule has 0 unspecified atom stereocenters. The lowest BCUT2D eigenvalue weighted by Gasteiger charge is -1.98. The average Bonchev–Trinajstić information content (AvgIpc) is 2.00. The van der Waals surface area contributed by atoms with E-state index in [1.54, 1.807) is 0 Å². The van der Waals surface area contributed by atoms with Crippen molar-refractivity contribution in [3.63, 3.8) is 0 Å². The van der Waals surface area contributed by atoms with Crippen LogP contribution in [-0.4, -0.2) is 34.5 Å². The molecule has 0 saturated heterocycles. The number of carboxylic acid groups (broad SMARTS) is 2. The zero-order chi connectivity index (χ0) is 11.8. The molecule has 8 nitrogen and oxygen atoms in total. The van der Waals surface area contributed by atoms with E-state index in [-0.39, 0.29) is 19.3 Å². The SMILES string of the molecule is O=C(O)OC(=O)CCCC(=O)OC(=O)O. The van der Waals surface area contributed by atoms with Gasteiger partial charge < -0.3 is 19.7 Å². The van der Waals surface area contributed by atoms with Crippen LogP contribution in [0.25, 0.3) is 0 Å². The molecule has 0 spiro atoms. The minimum absolute atomic E-state index is 0.0434. The van der Waals surface area contributed by atoms with Crippen molar-refractivity contribution in [3.8, 4) is 0 Å². The topological polar surface area (TPSA) is 127 Å². The van der Waals surface area contributed by atoms with Crippen LogP contribution in [-0.2, 0) is 19.1 Å². The first-order chi connectivity index (χ1) is 6.91. The van der Waals surface area contributed by atoms with Gasteiger partial charge in [0.1, 0.15) is 0 Å². The van der Waals surface area contributed by atoms with E-state index in [1.165, 1.54) is 0 Å². The summed E-state index contributed by atoms with van der Waals surface area (Å²) in [5, 5.41) is 16.0. The Labute approximate surface area is 83.4 Å². The molecule has 0 amide bonds. The summed E-state index contributed by atoms with van der Waals surface area (Å²) in [6.07, 6.45) is -4.11. The predicted molar refractivity (Wildman–Crippen MR) is 42.1 cm³/mol. The maximum atomic E-state index is 10.6. The minimum Gasteiger partial charge on any atom is -0.449 e. The number of rotatable bonds is 4. The van der Waals surface area contributed by atoms with Crippen molar-refractivity contribution in [2.45, 2.75) is 19.3 Å². The van der Waals surface area contributed by atoms with Crippen LogP contribution in [0.2, 0.25) is 0 Å². The van der Waals surface area contributed by atoms with Crippen molar-refractivity contribution in [3.05, 3.63) is 0 Å². The third-order valence-corrected chi connectivity index (χ3v) is 1.16. The van der Waals surface area contributed by atoms with E-state index in [9.17, 15) is 19.2 Å². The smallest absolute Gasteiger partial charge is 0.449 e. The fourth-order valence-corrected chi connectivity index (χ4v) is 0.674. The Morgan fingerprint density at radius 3 is 1.40 bits per heavy atom. The van der Waals surface area contributed by atoms with Gasteiger partial charge in [-0.15, -0.1) is 0 Å². The Bertz CT molecular complexity index is 253. The average molecular weight is 220 g/mol. The summed E-state index contributed by atoms with van der Waals surface area (Å²) >= 11 is 0. The number of esters is 2. The summed E-state index contributed by atoms with van der Waals surface area (Å²) in [5.41, 5.74) is 0. The molecule has 0 aromatic heterocycles. The van der Waals surface area contributed by atoms with Gasteiger partial charge in [-0.25, -0.2) is 9.59 Å². The number of ether oxygens (including phenoxy) is 2. The lowest BCUT2D eigenvalue weighted by Crippen LogP contribution is -2.12. The molecule has 0 aliphatic heterocycles. The zero-order valence-corrected chi connectivity index (χ0v) is 7.47. The summed E-state index contributed by atoms with van der Waals surface area (Å²) in [6, 6.07) is 0. The molecule has 15 heavy (non-hydrogen) atoms. The molecule has 0 fully saturated rings. The Morgan fingerprint density at radius 2 is 1.13 bits per heavy atom. The molecular formula is C7H8O8. The van der Waals surface area contributed by atoms with Crippen molar-refractivity contribution < 1.29 is 38.9 Å². The minimum atomic E-state index is -1.73. The van der Waals surface area contributed by atoms with Crippen LogP contribution >= 0.6 is 0 Å². The summed E-state index contributed by atoms with van der Waals surface area (Å²) < 4.78 is 7.44. The maximum Gasteiger partial charge on any atom is 0.513 e. The Kier molecular flexibility index (Phi) is 5.45. The fourth-order valence-electron chi connectivity index (χ4n) is 0.674. The number of carbonyl (C=O) groups is 4. The quantitative estimate of drug-likeness (QED) is 0.520. The fraction of sp³-hybridized carbons (Fsp3) is 0.429. The van der Waals surface area contributed by atoms with Crippen LogP contribution in [0, 0.1) is 0 Å². The van der Waals surface area contributed by atoms with Crippen LogP contribution in [0.5, 0.6) is 0 Å². The molecule has 2 N–H and O–H groups in total. The summed E-state index contributed by atoms with van der Waals surface area (Å²) in [5.74, 6) is -2.02. The van der Waals surface area contributed by atoms with Crippen LogP contribution in [0.15, 0.2) is 0 Å². The van der Waals surface area contributed by atoms with Crippen molar-refractivity contribution in [1.82, 2.24) is 0 Å². The lowest BCUT2D eigenvalue weighted by atomic mass is 10.2. The molecule has 8 heteroatoms. The standard InChI is InChI=1S/C7H8O8/c8-4(14-6(10)11)2-1-3-5(9)15-7(12)13/h1-3H2,(H,10,11)(H,12,13). The highest BCUT2D eigenvalue weighted by atomic mass is 16.7. The molecule has 0 bridgehead atoms. The number of carbonyl (C=O) groups excluding carboxylic acids is 2. The van der Waals surface area contributed by atoms with Crippen molar-refractivity contribution in [2.24, 2.45) is 0 Å². The Hall–Kier alpha value is -2.12. The van der Waals surface area contributed by atoms with Crippen molar-refractivity contribution >= 4 is 24.2 Å². The van der Waals surface area contributed by atoms with Gasteiger partial charge in [0.15, 0.2) is 0 Å². The molecule has 0 aliphatic carbocycles. The van der Waals surface area contributed by atoms with Gasteiger partial charge in [-0.2, -0.15) is 0 Å². The van der Waals surface area contributed by atoms with Gasteiger partial charge in [0.2, 0.25) is 0 Å². The first-order valence-electron chi connectivity index (χ1n) is 3.79. The van der Waals surface area contributed by atoms with Crippen molar-refractivity contribution in [2.75, 3.05) is 0 Å². The van der Waals surface area contributed by atoms with Crippen LogP contribution < -0.4 is 0 Å². The monoisotopic (exact) mass is 220 g/mol. The van der Waals surface area contributed by atoms with E-state index >= 15 is 0 Å². The summed E-state index contributed by atoms with van der Waals surface area (Å²) in [7, 11) is 0. The van der Waals surface area contributed by atoms with Gasteiger partial charge in [0, 0.05) is 12.8 Å². The normalized spacial score (nSPS) is 9.07. The molecule has 0 aliphatic rings. The third-order valence-electron chi connectivity index (χ3n) is 1.16. The van der Waals surface area contributed by atoms with Crippen LogP contribution in [0.4, 0.5) is 9.59 Å². The van der Waals surface area contributed by atoms with Crippen LogP contribution in [0.1, 0.15) is 19.3 Å². The van der Waals surface area contributed by atoms with E-state index in [0.717, 1.165) is 0 Å². The van der Waals surface area contributed by atoms with Gasteiger partial charge in [-0.3, -0.25) is 9.59 Å². The van der Waals surface area contributed by atoms with E-state index in [2.05, 4.69) is 9.47 Å². The number of hydrogen-bond donors (Lipinski definition) is 2. The van der Waals surface area contributed by atoms with E-state index in [4.69, 9.17) is 10.2 Å². The van der Waals surface area contributed by atoms with Gasteiger partial charge in [-0.1, -0.05) is 0 Å². The molecule has 0 radical (unpaired) electrons. The van der Waals surface area contributed by atoms with Crippen LogP contribution in [0.3, 0.4) is 0 Å². The van der Waals surface area contributed by atoms with Gasteiger partial charge in [0.25, 0.3) is 0 Å². The molecule has 0 heterocycles. The van der Waals surface area contributed by atoms with Gasteiger partial charge >= 0.3 is 24.2 Å². The summed E-state index contributed by atoms with van der Waals surface area (Å²) in [4.78, 5) is 40.9. The molecular weight excluding hydrogens is 212 g/mol. The van der Waals surface area contributed by atoms with Crippen molar-refractivity contribution in [1.29, 1.82) is 0 Å². The molecule has 0 saturated carbocycles. The van der Waals surface area contributed by atoms with E-state index in [1.807, 2.05) is 0 Å². The lowest BCUT2D eigenvalue weighted by molar-refractivity contribution is -0.140. The second-order valence-corrected chi connectivity index (χ2v) is 2.33. The van der Waals surface area contributed by atoms with Gasteiger partial charge in [0.05, 0.1) is 0 Å². The highest BCUT2D eigenvalue weighted by Crippen LogP contribution is 2.00. The zero-order valence-electron chi connectivity index (χ0n) is 7.47. The second kappa shape index (κ2) is 6.35. The first kappa shape index (κ1) is 12.9. The highest BCUT2D eigenvalue weighted by molar-refractivity contribution is 5.82. The Morgan fingerprint density at radius 1 is 0.800 bits per heavy atom. The first-order valence-corrected chi connectivity index (χ1v) is 3.79. The molecule has 84 valence electrons. The molecule has 0 aromatic rings. The second-order valence-electron chi connectivity index (χ2n) is 2.33. The molecule has 0 rings (SSSR count). The predicted octanol–water partition coefficient (Wildman–Crippen LogP) is 0.599. The van der Waals surface area contributed by atoms with E-state index in [0.29, 0.717) is 0 Å². The highest BCUT2D eigenvalue weighted by Gasteiger charge is 2.12. The Balaban J connectivity index is 3.61. The largest absolute Gasteiger partial charge is 0.513 e. The molecule has 0 aromatic carbocycles. The third kappa shape index (κ3) is 8.22.